The van der Waals surface area contributed by atoms with Gasteiger partial charge < -0.3 is 5.32 Å². The van der Waals surface area contributed by atoms with E-state index in [1.807, 2.05) is 31.2 Å². The van der Waals surface area contributed by atoms with Crippen molar-refractivity contribution in [3.63, 3.8) is 0 Å². The SMILES string of the molecule is Cc1cc(NCc2ccccc2)ncn1. The highest BCUT2D eigenvalue weighted by molar-refractivity contribution is 5.35. The van der Waals surface area contributed by atoms with Crippen LogP contribution < -0.4 is 5.32 Å². The van der Waals surface area contributed by atoms with Gasteiger partial charge in [0.15, 0.2) is 0 Å². The van der Waals surface area contributed by atoms with Crippen LogP contribution in [-0.4, -0.2) is 9.97 Å². The molecule has 0 saturated heterocycles. The third-order valence-electron chi connectivity index (χ3n) is 2.12. The van der Waals surface area contributed by atoms with E-state index in [-0.39, 0.29) is 0 Å². The number of benzene rings is 1. The second kappa shape index (κ2) is 4.55. The molecule has 1 aromatic carbocycles. The monoisotopic (exact) mass is 199 g/mol. The van der Waals surface area contributed by atoms with Gasteiger partial charge in [-0.1, -0.05) is 30.3 Å². The van der Waals surface area contributed by atoms with Crippen LogP contribution >= 0.6 is 0 Å². The first-order chi connectivity index (χ1) is 7.34. The number of nitrogens with one attached hydrogen (secondary N) is 1. The van der Waals surface area contributed by atoms with Crippen molar-refractivity contribution in [2.24, 2.45) is 0 Å². The van der Waals surface area contributed by atoms with Gasteiger partial charge in [0.2, 0.25) is 0 Å². The maximum absolute atomic E-state index is 4.13. The molecular formula is C12H13N3. The molecule has 76 valence electrons. The van der Waals surface area contributed by atoms with Crippen LogP contribution in [0.15, 0.2) is 42.7 Å². The molecule has 1 heterocycles. The van der Waals surface area contributed by atoms with Gasteiger partial charge in [0.25, 0.3) is 0 Å². The van der Waals surface area contributed by atoms with Gasteiger partial charge in [0.05, 0.1) is 0 Å². The van der Waals surface area contributed by atoms with E-state index in [0.29, 0.717) is 0 Å². The molecule has 2 aromatic rings. The zero-order valence-corrected chi connectivity index (χ0v) is 8.64. The van der Waals surface area contributed by atoms with Crippen molar-refractivity contribution in [3.05, 3.63) is 54.0 Å². The normalized spacial score (nSPS) is 9.93. The molecule has 0 atom stereocenters. The van der Waals surface area contributed by atoms with Gasteiger partial charge >= 0.3 is 0 Å². The molecular weight excluding hydrogens is 186 g/mol. The summed E-state index contributed by atoms with van der Waals surface area (Å²) in [7, 11) is 0. The summed E-state index contributed by atoms with van der Waals surface area (Å²) in [4.78, 5) is 8.18. The maximum atomic E-state index is 4.13. The van der Waals surface area contributed by atoms with Gasteiger partial charge in [-0.3, -0.25) is 0 Å². The van der Waals surface area contributed by atoms with E-state index in [2.05, 4.69) is 27.4 Å². The zero-order chi connectivity index (χ0) is 10.5. The van der Waals surface area contributed by atoms with Gasteiger partial charge in [-0.25, -0.2) is 9.97 Å². The van der Waals surface area contributed by atoms with Crippen molar-refractivity contribution in [2.45, 2.75) is 13.5 Å². The van der Waals surface area contributed by atoms with E-state index in [1.165, 1.54) is 5.56 Å². The average Bonchev–Trinajstić information content (AvgIpc) is 2.28. The number of anilines is 1. The predicted octanol–water partition coefficient (Wildman–Crippen LogP) is 2.40. The summed E-state index contributed by atoms with van der Waals surface area (Å²) in [5.74, 6) is 0.867. The molecule has 1 aromatic heterocycles. The zero-order valence-electron chi connectivity index (χ0n) is 8.64. The number of hydrogen-bond donors (Lipinski definition) is 1. The second-order valence-electron chi connectivity index (χ2n) is 3.38. The Kier molecular flexibility index (Phi) is 2.93. The summed E-state index contributed by atoms with van der Waals surface area (Å²) in [6.07, 6.45) is 1.57. The van der Waals surface area contributed by atoms with E-state index in [9.17, 15) is 0 Å². The topological polar surface area (TPSA) is 37.8 Å². The molecule has 0 spiro atoms. The fourth-order valence-electron chi connectivity index (χ4n) is 1.34. The van der Waals surface area contributed by atoms with Crippen LogP contribution in [0.4, 0.5) is 5.82 Å². The molecule has 15 heavy (non-hydrogen) atoms. The Morgan fingerprint density at radius 2 is 1.93 bits per heavy atom. The lowest BCUT2D eigenvalue weighted by Crippen LogP contribution is -2.01. The molecule has 1 N–H and O–H groups in total. The minimum atomic E-state index is 0.789. The van der Waals surface area contributed by atoms with Crippen molar-refractivity contribution in [1.82, 2.24) is 9.97 Å². The Morgan fingerprint density at radius 3 is 2.67 bits per heavy atom. The minimum absolute atomic E-state index is 0.789. The van der Waals surface area contributed by atoms with Crippen LogP contribution in [0.1, 0.15) is 11.3 Å². The number of aromatic nitrogens is 2. The van der Waals surface area contributed by atoms with E-state index in [4.69, 9.17) is 0 Å². The van der Waals surface area contributed by atoms with Crippen LogP contribution in [-0.2, 0) is 6.54 Å². The highest BCUT2D eigenvalue weighted by atomic mass is 15.0. The second-order valence-corrected chi connectivity index (χ2v) is 3.38. The third-order valence-corrected chi connectivity index (χ3v) is 2.12. The lowest BCUT2D eigenvalue weighted by Gasteiger charge is -2.05. The smallest absolute Gasteiger partial charge is 0.129 e. The Hall–Kier alpha value is -1.90. The van der Waals surface area contributed by atoms with Gasteiger partial charge in [0.1, 0.15) is 12.1 Å². The first kappa shape index (κ1) is 9.65. The van der Waals surface area contributed by atoms with Gasteiger partial charge in [-0.2, -0.15) is 0 Å². The van der Waals surface area contributed by atoms with Crippen LogP contribution in [0.2, 0.25) is 0 Å². The van der Waals surface area contributed by atoms with E-state index in [0.717, 1.165) is 18.1 Å². The van der Waals surface area contributed by atoms with Gasteiger partial charge in [-0.05, 0) is 12.5 Å². The van der Waals surface area contributed by atoms with Crippen molar-refractivity contribution >= 4 is 5.82 Å². The van der Waals surface area contributed by atoms with Gasteiger partial charge in [-0.15, -0.1) is 0 Å². The third kappa shape index (κ3) is 2.77. The molecule has 0 aliphatic heterocycles. The fourth-order valence-corrected chi connectivity index (χ4v) is 1.34. The van der Waals surface area contributed by atoms with E-state index < -0.39 is 0 Å². The lowest BCUT2D eigenvalue weighted by molar-refractivity contribution is 1.05. The van der Waals surface area contributed by atoms with Crippen LogP contribution in [0, 0.1) is 6.92 Å². The quantitative estimate of drug-likeness (QED) is 0.824. The summed E-state index contributed by atoms with van der Waals surface area (Å²) in [5, 5.41) is 3.25. The largest absolute Gasteiger partial charge is 0.366 e. The molecule has 0 aliphatic carbocycles. The minimum Gasteiger partial charge on any atom is -0.366 e. The summed E-state index contributed by atoms with van der Waals surface area (Å²) >= 11 is 0. The highest BCUT2D eigenvalue weighted by Gasteiger charge is 1.94. The van der Waals surface area contributed by atoms with Crippen LogP contribution in [0.25, 0.3) is 0 Å². The first-order valence-electron chi connectivity index (χ1n) is 4.91. The highest BCUT2D eigenvalue weighted by Crippen LogP contribution is 2.05. The Balaban J connectivity index is 1.99. The lowest BCUT2D eigenvalue weighted by atomic mass is 10.2. The first-order valence-corrected chi connectivity index (χ1v) is 4.91. The number of rotatable bonds is 3. The molecule has 0 amide bonds. The molecule has 0 bridgehead atoms. The number of nitrogens with zero attached hydrogens (tertiary/aromatic N) is 2. The Morgan fingerprint density at radius 1 is 1.13 bits per heavy atom. The van der Waals surface area contributed by atoms with Crippen molar-refractivity contribution < 1.29 is 0 Å². The summed E-state index contributed by atoms with van der Waals surface area (Å²) in [6, 6.07) is 12.2. The molecule has 0 saturated carbocycles. The molecule has 0 aliphatic rings. The molecule has 0 radical (unpaired) electrons. The Bertz CT molecular complexity index is 426. The van der Waals surface area contributed by atoms with Crippen LogP contribution in [0.3, 0.4) is 0 Å². The van der Waals surface area contributed by atoms with Crippen molar-refractivity contribution in [2.75, 3.05) is 5.32 Å². The molecule has 0 fully saturated rings. The average molecular weight is 199 g/mol. The van der Waals surface area contributed by atoms with E-state index >= 15 is 0 Å². The van der Waals surface area contributed by atoms with Gasteiger partial charge in [0, 0.05) is 18.3 Å². The Labute approximate surface area is 89.2 Å². The molecule has 0 unspecified atom stereocenters. The van der Waals surface area contributed by atoms with E-state index in [1.54, 1.807) is 6.33 Å². The molecule has 3 heteroatoms. The maximum Gasteiger partial charge on any atom is 0.129 e. The summed E-state index contributed by atoms with van der Waals surface area (Å²) < 4.78 is 0. The molecule has 2 rings (SSSR count). The van der Waals surface area contributed by atoms with Crippen molar-refractivity contribution in [1.29, 1.82) is 0 Å². The molecule has 3 nitrogen and oxygen atoms in total. The summed E-state index contributed by atoms with van der Waals surface area (Å²) in [6.45, 7) is 2.74. The predicted molar refractivity (Wildman–Crippen MR) is 60.5 cm³/mol. The van der Waals surface area contributed by atoms with Crippen LogP contribution in [0.5, 0.6) is 0 Å². The summed E-state index contributed by atoms with van der Waals surface area (Å²) in [5.41, 5.74) is 2.22. The van der Waals surface area contributed by atoms with Crippen molar-refractivity contribution in [3.8, 4) is 0 Å². The number of aryl methyl sites for hydroxylation is 1. The standard InChI is InChI=1S/C12H13N3/c1-10-7-12(15-9-14-10)13-8-11-5-3-2-4-6-11/h2-7,9H,8H2,1H3,(H,13,14,15). The fraction of sp³-hybridized carbons (Fsp3) is 0.167. The number of hydrogen-bond acceptors (Lipinski definition) is 3.